The third kappa shape index (κ3) is 3.97. The zero-order chi connectivity index (χ0) is 18.4. The number of benzene rings is 2. The zero-order valence-corrected chi connectivity index (χ0v) is 14.1. The minimum Gasteiger partial charge on any atom is -0.497 e. The van der Waals surface area contributed by atoms with Gasteiger partial charge in [-0.1, -0.05) is 12.1 Å². The van der Waals surface area contributed by atoms with E-state index in [-0.39, 0.29) is 5.91 Å². The second-order valence-electron chi connectivity index (χ2n) is 5.40. The smallest absolute Gasteiger partial charge is 0.256 e. The van der Waals surface area contributed by atoms with E-state index in [2.05, 4.69) is 21.7 Å². The number of methoxy groups -OCH3 is 1. The molecular formula is C20H16N4O2. The number of anilines is 3. The third-order valence-electron chi connectivity index (χ3n) is 3.68. The van der Waals surface area contributed by atoms with E-state index in [0.717, 1.165) is 5.69 Å². The average molecular weight is 344 g/mol. The molecule has 6 nitrogen and oxygen atoms in total. The van der Waals surface area contributed by atoms with E-state index in [1.807, 2.05) is 12.1 Å². The molecule has 0 fully saturated rings. The molecule has 2 aromatic carbocycles. The normalized spacial score (nSPS) is 9.85. The molecule has 128 valence electrons. The third-order valence-corrected chi connectivity index (χ3v) is 3.68. The molecule has 6 heteroatoms. The van der Waals surface area contributed by atoms with Crippen molar-refractivity contribution in [3.8, 4) is 11.8 Å². The first-order chi connectivity index (χ1) is 12.7. The highest BCUT2D eigenvalue weighted by atomic mass is 16.5. The lowest BCUT2D eigenvalue weighted by atomic mass is 10.2. The van der Waals surface area contributed by atoms with Crippen molar-refractivity contribution in [3.05, 3.63) is 78.0 Å². The fourth-order valence-electron chi connectivity index (χ4n) is 2.32. The van der Waals surface area contributed by atoms with Crippen LogP contribution in [0.15, 0.2) is 66.9 Å². The van der Waals surface area contributed by atoms with Gasteiger partial charge in [0.15, 0.2) is 0 Å². The van der Waals surface area contributed by atoms with Crippen molar-refractivity contribution in [1.29, 1.82) is 5.26 Å². The highest BCUT2D eigenvalue weighted by molar-refractivity contribution is 6.03. The molecule has 0 saturated carbocycles. The van der Waals surface area contributed by atoms with Crippen LogP contribution in [0.2, 0.25) is 0 Å². The van der Waals surface area contributed by atoms with Gasteiger partial charge in [-0.05, 0) is 48.5 Å². The minimum atomic E-state index is -0.254. The Balaban J connectivity index is 1.67. The van der Waals surface area contributed by atoms with Crippen molar-refractivity contribution in [2.24, 2.45) is 0 Å². The monoisotopic (exact) mass is 344 g/mol. The Hall–Kier alpha value is -3.85. The van der Waals surface area contributed by atoms with Gasteiger partial charge in [0, 0.05) is 5.56 Å². The van der Waals surface area contributed by atoms with Crippen molar-refractivity contribution in [2.75, 3.05) is 17.7 Å². The summed E-state index contributed by atoms with van der Waals surface area (Å²) in [6.45, 7) is 0. The molecule has 0 aliphatic carbocycles. The first-order valence-electron chi connectivity index (χ1n) is 7.87. The number of hydrogen-bond acceptors (Lipinski definition) is 5. The van der Waals surface area contributed by atoms with Crippen LogP contribution in [0.1, 0.15) is 15.9 Å². The van der Waals surface area contributed by atoms with Gasteiger partial charge in [0.2, 0.25) is 0 Å². The van der Waals surface area contributed by atoms with Crippen LogP contribution >= 0.6 is 0 Å². The van der Waals surface area contributed by atoms with Gasteiger partial charge in [-0.25, -0.2) is 4.98 Å². The van der Waals surface area contributed by atoms with Gasteiger partial charge in [0.1, 0.15) is 17.6 Å². The Labute approximate surface area is 151 Å². The summed E-state index contributed by atoms with van der Waals surface area (Å²) < 4.78 is 5.07. The van der Waals surface area contributed by atoms with Crippen LogP contribution in [0.4, 0.5) is 17.2 Å². The van der Waals surface area contributed by atoms with Crippen LogP contribution < -0.4 is 15.4 Å². The zero-order valence-electron chi connectivity index (χ0n) is 14.1. The summed E-state index contributed by atoms with van der Waals surface area (Å²) in [5, 5.41) is 15.0. The topological polar surface area (TPSA) is 87.0 Å². The molecule has 1 amide bonds. The lowest BCUT2D eigenvalue weighted by Crippen LogP contribution is -2.12. The van der Waals surface area contributed by atoms with Crippen LogP contribution in [0.25, 0.3) is 0 Å². The molecule has 0 spiro atoms. The number of pyridine rings is 1. The van der Waals surface area contributed by atoms with E-state index in [9.17, 15) is 4.79 Å². The number of carbonyl (C=O) groups excluding carboxylic acids is 1. The van der Waals surface area contributed by atoms with Crippen molar-refractivity contribution in [3.63, 3.8) is 0 Å². The molecule has 0 aliphatic rings. The maximum absolute atomic E-state index is 12.2. The molecule has 1 heterocycles. The van der Waals surface area contributed by atoms with Gasteiger partial charge in [0.25, 0.3) is 5.91 Å². The number of ether oxygens (including phenoxy) is 1. The van der Waals surface area contributed by atoms with Gasteiger partial charge in [-0.2, -0.15) is 5.26 Å². The Morgan fingerprint density at radius 1 is 1.08 bits per heavy atom. The molecule has 1 aromatic heterocycles. The van der Waals surface area contributed by atoms with Gasteiger partial charge in [-0.15, -0.1) is 0 Å². The summed E-state index contributed by atoms with van der Waals surface area (Å²) in [6, 6.07) is 19.6. The van der Waals surface area contributed by atoms with E-state index in [1.165, 1.54) is 0 Å². The fourth-order valence-corrected chi connectivity index (χ4v) is 2.32. The summed E-state index contributed by atoms with van der Waals surface area (Å²) in [7, 11) is 1.57. The lowest BCUT2D eigenvalue weighted by Gasteiger charge is -2.09. The molecule has 0 unspecified atom stereocenters. The number of nitrogens with one attached hydrogen (secondary N) is 2. The molecule has 0 radical (unpaired) electrons. The quantitative estimate of drug-likeness (QED) is 0.731. The minimum absolute atomic E-state index is 0.254. The summed E-state index contributed by atoms with van der Waals surface area (Å²) in [5.74, 6) is 0.869. The second kappa shape index (κ2) is 7.81. The van der Waals surface area contributed by atoms with Crippen molar-refractivity contribution < 1.29 is 9.53 Å². The number of aromatic nitrogens is 1. The number of nitriles is 1. The Bertz CT molecular complexity index is 945. The van der Waals surface area contributed by atoms with Crippen LogP contribution in [0, 0.1) is 11.3 Å². The van der Waals surface area contributed by atoms with Gasteiger partial charge >= 0.3 is 0 Å². The van der Waals surface area contributed by atoms with Crippen LogP contribution in [0.3, 0.4) is 0 Å². The summed E-state index contributed by atoms with van der Waals surface area (Å²) in [4.78, 5) is 16.5. The number of nitrogens with zero attached hydrogens (tertiary/aromatic N) is 2. The first-order valence-corrected chi connectivity index (χ1v) is 7.87. The summed E-state index contributed by atoms with van der Waals surface area (Å²) in [5.41, 5.74) is 2.48. The van der Waals surface area contributed by atoms with Crippen LogP contribution in [0.5, 0.6) is 5.75 Å². The van der Waals surface area contributed by atoms with Crippen molar-refractivity contribution in [2.45, 2.75) is 0 Å². The number of para-hydroxylation sites is 1. The summed E-state index contributed by atoms with van der Waals surface area (Å²) >= 11 is 0. The molecule has 3 rings (SSSR count). The molecule has 2 N–H and O–H groups in total. The Morgan fingerprint density at radius 3 is 2.50 bits per heavy atom. The number of carbonyl (C=O) groups is 1. The molecule has 26 heavy (non-hydrogen) atoms. The van der Waals surface area contributed by atoms with Gasteiger partial charge in [0.05, 0.1) is 30.2 Å². The standard InChI is InChI=1S/C20H16N4O2/c1-26-17-9-6-14(7-10-17)20(25)24-19-11-8-16(13-22-19)23-18-5-3-2-4-15(18)12-21/h2-11,13,23H,1H3,(H,22,24,25). The Kier molecular flexibility index (Phi) is 5.11. The highest BCUT2D eigenvalue weighted by Crippen LogP contribution is 2.20. The predicted octanol–water partition coefficient (Wildman–Crippen LogP) is 3.96. The van der Waals surface area contributed by atoms with Gasteiger partial charge in [-0.3, -0.25) is 4.79 Å². The molecular weight excluding hydrogens is 328 g/mol. The van der Waals surface area contributed by atoms with Crippen LogP contribution in [-0.2, 0) is 0 Å². The summed E-state index contributed by atoms with van der Waals surface area (Å²) in [6.07, 6.45) is 1.60. The van der Waals surface area contributed by atoms with E-state index < -0.39 is 0 Å². The molecule has 3 aromatic rings. The number of hydrogen-bond donors (Lipinski definition) is 2. The number of rotatable bonds is 5. The first kappa shape index (κ1) is 17.0. The average Bonchev–Trinajstić information content (AvgIpc) is 2.70. The van der Waals surface area contributed by atoms with E-state index in [4.69, 9.17) is 10.00 Å². The maximum Gasteiger partial charge on any atom is 0.256 e. The van der Waals surface area contributed by atoms with Gasteiger partial charge < -0.3 is 15.4 Å². The predicted molar refractivity (Wildman–Crippen MR) is 99.6 cm³/mol. The Morgan fingerprint density at radius 2 is 1.85 bits per heavy atom. The fraction of sp³-hybridized carbons (Fsp3) is 0.0500. The van der Waals surface area contributed by atoms with Crippen LogP contribution in [-0.4, -0.2) is 18.0 Å². The van der Waals surface area contributed by atoms with E-state index in [0.29, 0.717) is 28.4 Å². The lowest BCUT2D eigenvalue weighted by molar-refractivity contribution is 0.102. The molecule has 0 bridgehead atoms. The maximum atomic E-state index is 12.2. The molecule has 0 atom stereocenters. The molecule has 0 aliphatic heterocycles. The molecule has 0 saturated heterocycles. The van der Waals surface area contributed by atoms with E-state index >= 15 is 0 Å². The SMILES string of the molecule is COc1ccc(C(=O)Nc2ccc(Nc3ccccc3C#N)cn2)cc1. The van der Waals surface area contributed by atoms with Crippen molar-refractivity contribution in [1.82, 2.24) is 4.98 Å². The largest absolute Gasteiger partial charge is 0.497 e. The second-order valence-corrected chi connectivity index (χ2v) is 5.40. The number of amides is 1. The highest BCUT2D eigenvalue weighted by Gasteiger charge is 2.07. The van der Waals surface area contributed by atoms with Crippen molar-refractivity contribution >= 4 is 23.1 Å². The van der Waals surface area contributed by atoms with E-state index in [1.54, 1.807) is 61.8 Å².